The first-order valence-electron chi connectivity index (χ1n) is 9.41. The summed E-state index contributed by atoms with van der Waals surface area (Å²) in [5.74, 6) is -1.01. The maximum absolute atomic E-state index is 13.0. The zero-order chi connectivity index (χ0) is 20.4. The third-order valence-electron chi connectivity index (χ3n) is 5.14. The van der Waals surface area contributed by atoms with Gasteiger partial charge in [-0.1, -0.05) is 60.7 Å². The Labute approximate surface area is 169 Å². The van der Waals surface area contributed by atoms with Gasteiger partial charge in [-0.2, -0.15) is 0 Å². The van der Waals surface area contributed by atoms with Crippen molar-refractivity contribution >= 4 is 17.7 Å². The zero-order valence-electron chi connectivity index (χ0n) is 16.0. The third kappa shape index (κ3) is 3.67. The lowest BCUT2D eigenvalue weighted by Gasteiger charge is -2.20. The quantitative estimate of drug-likeness (QED) is 0.683. The van der Waals surface area contributed by atoms with E-state index in [9.17, 15) is 14.4 Å². The number of nitrogens with zero attached hydrogens (tertiary/aromatic N) is 1. The predicted molar refractivity (Wildman–Crippen MR) is 110 cm³/mol. The highest BCUT2D eigenvalue weighted by Gasteiger charge is 2.33. The van der Waals surface area contributed by atoms with Crippen LogP contribution in [0.2, 0.25) is 0 Å². The van der Waals surface area contributed by atoms with Crippen molar-refractivity contribution in [3.63, 3.8) is 0 Å². The van der Waals surface area contributed by atoms with Crippen LogP contribution in [-0.2, 0) is 6.42 Å². The van der Waals surface area contributed by atoms with E-state index in [1.807, 2.05) is 60.7 Å². The van der Waals surface area contributed by atoms with E-state index in [1.54, 1.807) is 12.1 Å². The van der Waals surface area contributed by atoms with Gasteiger partial charge in [0.1, 0.15) is 0 Å². The number of carbonyl (C=O) groups excluding carboxylic acids is 3. The molecule has 3 aromatic carbocycles. The molecule has 1 atom stereocenters. The fourth-order valence-electron chi connectivity index (χ4n) is 3.53. The first kappa shape index (κ1) is 18.6. The SMILES string of the molecule is CN1C(=O)c2ccc(C(=O)NC(Cc3ccccc3)c3ccccc3)cc2C1=O. The molecule has 1 unspecified atom stereocenters. The standard InChI is InChI=1S/C24H20N2O3/c1-26-23(28)19-13-12-18(15-20(19)24(26)29)22(27)25-21(17-10-6-3-7-11-17)14-16-8-4-2-5-9-16/h2-13,15,21H,14H2,1H3,(H,25,27). The minimum atomic E-state index is -0.386. The van der Waals surface area contributed by atoms with Gasteiger partial charge in [0.2, 0.25) is 0 Å². The lowest BCUT2D eigenvalue weighted by molar-refractivity contribution is 0.0693. The van der Waals surface area contributed by atoms with Crippen molar-refractivity contribution in [2.75, 3.05) is 7.05 Å². The number of hydrogen-bond acceptors (Lipinski definition) is 3. The maximum atomic E-state index is 13.0. The van der Waals surface area contributed by atoms with Crippen LogP contribution in [-0.4, -0.2) is 29.7 Å². The molecule has 5 heteroatoms. The van der Waals surface area contributed by atoms with Gasteiger partial charge >= 0.3 is 0 Å². The molecule has 1 aliphatic rings. The number of imide groups is 1. The lowest BCUT2D eigenvalue weighted by Crippen LogP contribution is -2.30. The van der Waals surface area contributed by atoms with E-state index in [2.05, 4.69) is 5.32 Å². The number of nitrogens with one attached hydrogen (secondary N) is 1. The summed E-state index contributed by atoms with van der Waals surface area (Å²) in [5, 5.41) is 3.08. The molecule has 0 aliphatic carbocycles. The van der Waals surface area contributed by atoms with Crippen molar-refractivity contribution in [2.45, 2.75) is 12.5 Å². The Morgan fingerprint density at radius 1 is 0.862 bits per heavy atom. The summed E-state index contributed by atoms with van der Waals surface area (Å²) >= 11 is 0. The van der Waals surface area contributed by atoms with E-state index in [0.29, 0.717) is 17.5 Å². The second-order valence-electron chi connectivity index (χ2n) is 7.06. The van der Waals surface area contributed by atoms with Crippen molar-refractivity contribution in [1.29, 1.82) is 0 Å². The van der Waals surface area contributed by atoms with Crippen LogP contribution in [0.3, 0.4) is 0 Å². The maximum Gasteiger partial charge on any atom is 0.261 e. The molecule has 0 saturated heterocycles. The summed E-state index contributed by atoms with van der Waals surface area (Å²) in [6, 6.07) is 24.1. The Morgan fingerprint density at radius 3 is 2.17 bits per heavy atom. The second-order valence-corrected chi connectivity index (χ2v) is 7.06. The molecule has 0 aromatic heterocycles. The average molecular weight is 384 g/mol. The van der Waals surface area contributed by atoms with Gasteiger partial charge < -0.3 is 5.32 Å². The lowest BCUT2D eigenvalue weighted by atomic mass is 9.98. The molecular weight excluding hydrogens is 364 g/mol. The molecule has 5 nitrogen and oxygen atoms in total. The summed E-state index contributed by atoms with van der Waals surface area (Å²) < 4.78 is 0. The van der Waals surface area contributed by atoms with Crippen molar-refractivity contribution in [3.05, 3.63) is 107 Å². The Balaban J connectivity index is 1.60. The number of carbonyl (C=O) groups is 3. The van der Waals surface area contributed by atoms with E-state index in [4.69, 9.17) is 0 Å². The van der Waals surface area contributed by atoms with Gasteiger partial charge in [-0.05, 0) is 35.7 Å². The van der Waals surface area contributed by atoms with Crippen LogP contribution in [0.5, 0.6) is 0 Å². The first-order chi connectivity index (χ1) is 14.0. The van der Waals surface area contributed by atoms with Gasteiger partial charge in [0, 0.05) is 12.6 Å². The van der Waals surface area contributed by atoms with E-state index < -0.39 is 0 Å². The fourth-order valence-corrected chi connectivity index (χ4v) is 3.53. The van der Waals surface area contributed by atoms with Crippen molar-refractivity contribution in [2.24, 2.45) is 0 Å². The highest BCUT2D eigenvalue weighted by molar-refractivity contribution is 6.21. The minimum Gasteiger partial charge on any atom is -0.345 e. The molecule has 144 valence electrons. The molecule has 4 rings (SSSR count). The fraction of sp³-hybridized carbons (Fsp3) is 0.125. The number of fused-ring (bicyclic) bond motifs is 1. The molecule has 1 N–H and O–H groups in total. The van der Waals surface area contributed by atoms with Crippen LogP contribution in [0.15, 0.2) is 78.9 Å². The highest BCUT2D eigenvalue weighted by Crippen LogP contribution is 2.24. The summed E-state index contributed by atoms with van der Waals surface area (Å²) in [4.78, 5) is 38.3. The van der Waals surface area contributed by atoms with Crippen molar-refractivity contribution < 1.29 is 14.4 Å². The minimum absolute atomic E-state index is 0.223. The largest absolute Gasteiger partial charge is 0.345 e. The van der Waals surface area contributed by atoms with Crippen LogP contribution in [0.4, 0.5) is 0 Å². The Bertz CT molecular complexity index is 1080. The van der Waals surface area contributed by atoms with Gasteiger partial charge in [0.15, 0.2) is 0 Å². The number of benzene rings is 3. The van der Waals surface area contributed by atoms with Gasteiger partial charge in [-0.3, -0.25) is 19.3 Å². The van der Waals surface area contributed by atoms with E-state index in [-0.39, 0.29) is 29.3 Å². The summed E-state index contributed by atoms with van der Waals surface area (Å²) in [6.45, 7) is 0. The molecule has 0 saturated carbocycles. The van der Waals surface area contributed by atoms with E-state index in [0.717, 1.165) is 16.0 Å². The molecule has 0 bridgehead atoms. The third-order valence-corrected chi connectivity index (χ3v) is 5.14. The molecule has 0 fully saturated rings. The van der Waals surface area contributed by atoms with Crippen molar-refractivity contribution in [1.82, 2.24) is 10.2 Å². The molecule has 0 radical (unpaired) electrons. The Kier molecular flexibility index (Phi) is 4.96. The number of amides is 3. The zero-order valence-corrected chi connectivity index (χ0v) is 16.0. The predicted octanol–water partition coefficient (Wildman–Crippen LogP) is 3.63. The van der Waals surface area contributed by atoms with Crippen LogP contribution in [0, 0.1) is 0 Å². The molecule has 1 aliphatic heterocycles. The number of hydrogen-bond donors (Lipinski definition) is 1. The van der Waals surface area contributed by atoms with Crippen LogP contribution >= 0.6 is 0 Å². The van der Waals surface area contributed by atoms with Crippen LogP contribution < -0.4 is 5.32 Å². The van der Waals surface area contributed by atoms with Gasteiger partial charge in [-0.15, -0.1) is 0 Å². The molecular formula is C24H20N2O3. The van der Waals surface area contributed by atoms with E-state index in [1.165, 1.54) is 13.1 Å². The molecule has 3 aromatic rings. The summed E-state index contributed by atoms with van der Waals surface area (Å²) in [7, 11) is 1.44. The van der Waals surface area contributed by atoms with Gasteiger partial charge in [0.05, 0.1) is 17.2 Å². The van der Waals surface area contributed by atoms with E-state index >= 15 is 0 Å². The second kappa shape index (κ2) is 7.72. The molecule has 0 spiro atoms. The summed E-state index contributed by atoms with van der Waals surface area (Å²) in [5.41, 5.74) is 3.06. The first-order valence-corrected chi connectivity index (χ1v) is 9.41. The number of rotatable bonds is 5. The topological polar surface area (TPSA) is 66.5 Å². The average Bonchev–Trinajstić information content (AvgIpc) is 2.98. The molecule has 1 heterocycles. The van der Waals surface area contributed by atoms with Crippen molar-refractivity contribution in [3.8, 4) is 0 Å². The van der Waals surface area contributed by atoms with Gasteiger partial charge in [-0.25, -0.2) is 0 Å². The molecule has 29 heavy (non-hydrogen) atoms. The Morgan fingerprint density at radius 2 is 1.48 bits per heavy atom. The van der Waals surface area contributed by atoms with Gasteiger partial charge in [0.25, 0.3) is 17.7 Å². The smallest absolute Gasteiger partial charge is 0.261 e. The molecule has 3 amide bonds. The Hall–Kier alpha value is -3.73. The highest BCUT2D eigenvalue weighted by atomic mass is 16.2. The summed E-state index contributed by atoms with van der Waals surface area (Å²) in [6.07, 6.45) is 0.641. The van der Waals surface area contributed by atoms with Crippen LogP contribution in [0.1, 0.15) is 48.2 Å². The normalized spacial score (nSPS) is 13.9. The monoisotopic (exact) mass is 384 g/mol. The van der Waals surface area contributed by atoms with Crippen LogP contribution in [0.25, 0.3) is 0 Å².